The van der Waals surface area contributed by atoms with E-state index in [0.29, 0.717) is 37.7 Å². The van der Waals surface area contributed by atoms with E-state index in [1.807, 2.05) is 42.5 Å². The van der Waals surface area contributed by atoms with Gasteiger partial charge >= 0.3 is 11.9 Å². The highest BCUT2D eigenvalue weighted by atomic mass is 79.9. The number of esters is 2. The lowest BCUT2D eigenvalue weighted by molar-refractivity contribution is -0.145. The second-order valence-electron chi connectivity index (χ2n) is 10.2. The van der Waals surface area contributed by atoms with E-state index in [2.05, 4.69) is 15.9 Å². The molecule has 1 aromatic heterocycles. The van der Waals surface area contributed by atoms with E-state index in [0.717, 1.165) is 15.2 Å². The summed E-state index contributed by atoms with van der Waals surface area (Å²) in [6.07, 6.45) is 1.37. The van der Waals surface area contributed by atoms with Crippen LogP contribution in [0.4, 0.5) is 0 Å². The van der Waals surface area contributed by atoms with Gasteiger partial charge in [-0.1, -0.05) is 57.6 Å². The number of carbonyl (C=O) groups excluding carboxylic acids is 2. The Balaban J connectivity index is 1.75. The lowest BCUT2D eigenvalue weighted by atomic mass is 9.95. The van der Waals surface area contributed by atoms with Crippen molar-refractivity contribution >= 4 is 56.1 Å². The highest BCUT2D eigenvalue weighted by Gasteiger charge is 2.35. The fourth-order valence-corrected chi connectivity index (χ4v) is 6.50. The molecule has 44 heavy (non-hydrogen) atoms. The van der Waals surface area contributed by atoms with Crippen LogP contribution in [0.25, 0.3) is 16.8 Å². The summed E-state index contributed by atoms with van der Waals surface area (Å²) in [5.74, 6) is -0.136. The first-order chi connectivity index (χ1) is 21.1. The molecule has 5 rings (SSSR count). The second kappa shape index (κ2) is 13.2. The average Bonchev–Trinajstić information content (AvgIpc) is 3.29. The van der Waals surface area contributed by atoms with E-state index < -0.39 is 18.0 Å². The van der Waals surface area contributed by atoms with Crippen molar-refractivity contribution in [2.24, 2.45) is 4.99 Å². The zero-order valence-corrected chi connectivity index (χ0v) is 27.3. The van der Waals surface area contributed by atoms with Crippen LogP contribution in [-0.2, 0) is 19.1 Å². The lowest BCUT2D eigenvalue weighted by Gasteiger charge is -2.26. The summed E-state index contributed by atoms with van der Waals surface area (Å²) in [7, 11) is 1.54. The molecule has 0 saturated heterocycles. The summed E-state index contributed by atoms with van der Waals surface area (Å²) in [6, 6.07) is 15.9. The number of carbonyl (C=O) groups is 2. The van der Waals surface area contributed by atoms with Gasteiger partial charge in [0.05, 0.1) is 35.6 Å². The Hall–Kier alpha value is -4.22. The normalized spacial score (nSPS) is 14.8. The number of aromatic nitrogens is 1. The van der Waals surface area contributed by atoms with Gasteiger partial charge in [0.2, 0.25) is 0 Å². The fourth-order valence-electron chi connectivity index (χ4n) is 5.09. The van der Waals surface area contributed by atoms with Crippen molar-refractivity contribution in [2.75, 3.05) is 20.3 Å². The molecule has 0 radical (unpaired) electrons. The average molecular weight is 680 g/mol. The molecule has 0 saturated carbocycles. The van der Waals surface area contributed by atoms with Crippen molar-refractivity contribution < 1.29 is 28.5 Å². The van der Waals surface area contributed by atoms with Gasteiger partial charge in [0, 0.05) is 15.6 Å². The van der Waals surface area contributed by atoms with Gasteiger partial charge in [-0.3, -0.25) is 9.36 Å². The molecule has 9 nitrogen and oxygen atoms in total. The number of rotatable bonds is 9. The van der Waals surface area contributed by atoms with Crippen LogP contribution < -0.4 is 24.4 Å². The van der Waals surface area contributed by atoms with E-state index in [9.17, 15) is 14.4 Å². The highest BCUT2D eigenvalue weighted by Crippen LogP contribution is 2.37. The molecule has 1 aliphatic rings. The Labute approximate surface area is 266 Å². The van der Waals surface area contributed by atoms with Crippen LogP contribution in [0.15, 0.2) is 80.1 Å². The minimum absolute atomic E-state index is 0.240. The second-order valence-corrected chi connectivity index (χ2v) is 12.1. The SMILES string of the molecule is CCOC(=O)COc1ccc2ccccc2c1/C=c1\sc2n(c1=O)[C@H](c1cc(Br)ccc1OC)C(C(=O)OC(C)C)=C(C)N=2. The van der Waals surface area contributed by atoms with Gasteiger partial charge in [0.1, 0.15) is 17.5 Å². The predicted octanol–water partition coefficient (Wildman–Crippen LogP) is 5.05. The molecule has 0 N–H and O–H groups in total. The molecule has 2 heterocycles. The number of methoxy groups -OCH3 is 1. The predicted molar refractivity (Wildman–Crippen MR) is 172 cm³/mol. The molecule has 0 fully saturated rings. The van der Waals surface area contributed by atoms with Crippen molar-refractivity contribution in [3.63, 3.8) is 0 Å². The molecule has 4 aromatic rings. The summed E-state index contributed by atoms with van der Waals surface area (Å²) in [6.45, 7) is 6.96. The molecule has 1 aliphatic heterocycles. The number of benzene rings is 3. The van der Waals surface area contributed by atoms with Gasteiger partial charge in [0.15, 0.2) is 11.4 Å². The molecule has 228 valence electrons. The van der Waals surface area contributed by atoms with Gasteiger partial charge in [-0.25, -0.2) is 14.6 Å². The van der Waals surface area contributed by atoms with Crippen LogP contribution in [0.1, 0.15) is 44.9 Å². The largest absolute Gasteiger partial charge is 0.496 e. The first-order valence-electron chi connectivity index (χ1n) is 14.0. The van der Waals surface area contributed by atoms with Crippen molar-refractivity contribution in [2.45, 2.75) is 39.8 Å². The van der Waals surface area contributed by atoms with E-state index in [-0.39, 0.29) is 30.5 Å². The van der Waals surface area contributed by atoms with E-state index >= 15 is 0 Å². The van der Waals surface area contributed by atoms with E-state index in [1.165, 1.54) is 23.0 Å². The highest BCUT2D eigenvalue weighted by molar-refractivity contribution is 9.10. The molecular weight excluding hydrogens is 648 g/mol. The van der Waals surface area contributed by atoms with Crippen LogP contribution in [-0.4, -0.2) is 42.9 Å². The number of ether oxygens (including phenoxy) is 4. The summed E-state index contributed by atoms with van der Waals surface area (Å²) in [4.78, 5) is 45.0. The van der Waals surface area contributed by atoms with Gasteiger partial charge < -0.3 is 18.9 Å². The van der Waals surface area contributed by atoms with Crippen molar-refractivity contribution in [3.05, 3.63) is 101 Å². The molecular formula is C33H31BrN2O7S. The Morgan fingerprint density at radius 2 is 1.86 bits per heavy atom. The molecule has 11 heteroatoms. The molecule has 0 bridgehead atoms. The minimum Gasteiger partial charge on any atom is -0.496 e. The van der Waals surface area contributed by atoms with Crippen LogP contribution in [0.5, 0.6) is 11.5 Å². The van der Waals surface area contributed by atoms with Gasteiger partial charge in [-0.05, 0) is 68.8 Å². The molecule has 1 atom stereocenters. The number of allylic oxidation sites excluding steroid dienone is 1. The number of nitrogens with zero attached hydrogens (tertiary/aromatic N) is 2. The summed E-state index contributed by atoms with van der Waals surface area (Å²) in [5, 5.41) is 1.77. The van der Waals surface area contributed by atoms with E-state index in [4.69, 9.17) is 23.9 Å². The van der Waals surface area contributed by atoms with E-state index in [1.54, 1.807) is 45.9 Å². The Kier molecular flexibility index (Phi) is 9.36. The third kappa shape index (κ3) is 6.20. The smallest absolute Gasteiger partial charge is 0.344 e. The van der Waals surface area contributed by atoms with Crippen molar-refractivity contribution in [1.82, 2.24) is 4.57 Å². The topological polar surface area (TPSA) is 105 Å². The van der Waals surface area contributed by atoms with Crippen LogP contribution in [0.3, 0.4) is 0 Å². The quantitative estimate of drug-likeness (QED) is 0.228. The van der Waals surface area contributed by atoms with Crippen LogP contribution in [0, 0.1) is 0 Å². The monoisotopic (exact) mass is 678 g/mol. The zero-order valence-electron chi connectivity index (χ0n) is 24.9. The fraction of sp³-hybridized carbons (Fsp3) is 0.273. The Morgan fingerprint density at radius 1 is 1.11 bits per heavy atom. The molecule has 0 amide bonds. The maximum atomic E-state index is 14.3. The number of hydrogen-bond acceptors (Lipinski definition) is 9. The van der Waals surface area contributed by atoms with Crippen molar-refractivity contribution in [3.8, 4) is 11.5 Å². The first-order valence-corrected chi connectivity index (χ1v) is 15.6. The Morgan fingerprint density at radius 3 is 2.59 bits per heavy atom. The number of halogens is 1. The van der Waals surface area contributed by atoms with Gasteiger partial charge in [-0.15, -0.1) is 0 Å². The lowest BCUT2D eigenvalue weighted by Crippen LogP contribution is -2.40. The van der Waals surface area contributed by atoms with Crippen molar-refractivity contribution in [1.29, 1.82) is 0 Å². The standard InChI is InChI=1S/C33H31BrN2O7S/c1-6-41-28(37)17-42-26-13-11-20-9-7-8-10-22(20)23(26)16-27-31(38)36-30(24-15-21(34)12-14-25(24)40-5)29(32(39)43-18(2)3)19(4)35-33(36)44-27/h7-16,18,30H,6,17H2,1-5H3/b27-16-/t30-/m1/s1. The Bertz CT molecular complexity index is 1980. The van der Waals surface area contributed by atoms with Gasteiger partial charge in [-0.2, -0.15) is 0 Å². The number of thiazole rings is 1. The molecule has 0 unspecified atom stereocenters. The zero-order chi connectivity index (χ0) is 31.5. The van der Waals surface area contributed by atoms with Gasteiger partial charge in [0.25, 0.3) is 5.56 Å². The molecule has 3 aromatic carbocycles. The summed E-state index contributed by atoms with van der Waals surface area (Å²) < 4.78 is 24.8. The molecule has 0 spiro atoms. The summed E-state index contributed by atoms with van der Waals surface area (Å²) in [5.41, 5.74) is 1.57. The minimum atomic E-state index is -0.862. The van der Waals surface area contributed by atoms with Crippen LogP contribution in [0.2, 0.25) is 0 Å². The third-order valence-electron chi connectivity index (χ3n) is 6.93. The summed E-state index contributed by atoms with van der Waals surface area (Å²) >= 11 is 4.73. The third-order valence-corrected chi connectivity index (χ3v) is 8.40. The maximum Gasteiger partial charge on any atom is 0.344 e. The number of hydrogen-bond donors (Lipinski definition) is 0. The van der Waals surface area contributed by atoms with Crippen LogP contribution >= 0.6 is 27.3 Å². The maximum absolute atomic E-state index is 14.3. The molecule has 0 aliphatic carbocycles. The first kappa shape index (κ1) is 31.2. The number of fused-ring (bicyclic) bond motifs is 2.